The number of carbonyl (C=O) groups excluding carboxylic acids is 1. The largest absolute Gasteiger partial charge is 0.385 e. The molecular formula is C18H23N5O2S. The molecule has 0 fully saturated rings. The van der Waals surface area contributed by atoms with Crippen LogP contribution in [0.2, 0.25) is 0 Å². The molecule has 1 aliphatic carbocycles. The maximum absolute atomic E-state index is 12.4. The van der Waals surface area contributed by atoms with Crippen molar-refractivity contribution in [1.29, 1.82) is 0 Å². The molecule has 0 spiro atoms. The third-order valence-electron chi connectivity index (χ3n) is 4.90. The summed E-state index contributed by atoms with van der Waals surface area (Å²) < 4.78 is 6.71. The monoisotopic (exact) mass is 373 g/mol. The van der Waals surface area contributed by atoms with Crippen LogP contribution in [0.5, 0.6) is 0 Å². The molecule has 1 atom stereocenters. The van der Waals surface area contributed by atoms with Crippen molar-refractivity contribution in [2.24, 2.45) is 5.92 Å². The molecule has 26 heavy (non-hydrogen) atoms. The minimum Gasteiger partial charge on any atom is -0.385 e. The van der Waals surface area contributed by atoms with Crippen molar-refractivity contribution in [2.45, 2.75) is 39.5 Å². The summed E-state index contributed by atoms with van der Waals surface area (Å²) in [5.74, 6) is 1.36. The number of nitrogens with one attached hydrogen (secondary N) is 1. The number of amides is 1. The molecule has 1 aliphatic rings. The molecule has 4 rings (SSSR count). The second-order valence-electron chi connectivity index (χ2n) is 6.96. The zero-order chi connectivity index (χ0) is 18.3. The number of rotatable bonds is 5. The van der Waals surface area contributed by atoms with Gasteiger partial charge in [-0.05, 0) is 44.1 Å². The fraction of sp³-hybridized carbons (Fsp3) is 0.556. The van der Waals surface area contributed by atoms with E-state index >= 15 is 0 Å². The van der Waals surface area contributed by atoms with Crippen LogP contribution in [0.3, 0.4) is 0 Å². The standard InChI is InChI=1S/C18H23N5O2S/c1-10-5-6-13-12(9-10)14-16-21-15(17(24)19-7-4-8-25-3)22-23(16)11(2)20-18(14)26-13/h10H,4-9H2,1-3H3,(H,19,24)/t10-/m1/s1. The third-order valence-corrected chi connectivity index (χ3v) is 6.09. The van der Waals surface area contributed by atoms with E-state index in [-0.39, 0.29) is 11.7 Å². The number of fused-ring (bicyclic) bond motifs is 5. The van der Waals surface area contributed by atoms with Gasteiger partial charge in [0.1, 0.15) is 10.7 Å². The number of carbonyl (C=O) groups is 1. The number of aromatic nitrogens is 4. The van der Waals surface area contributed by atoms with E-state index in [2.05, 4.69) is 22.3 Å². The summed E-state index contributed by atoms with van der Waals surface area (Å²) >= 11 is 1.76. The lowest BCUT2D eigenvalue weighted by atomic mass is 9.89. The van der Waals surface area contributed by atoms with Crippen molar-refractivity contribution in [3.63, 3.8) is 0 Å². The number of methoxy groups -OCH3 is 1. The Morgan fingerprint density at radius 2 is 2.27 bits per heavy atom. The molecule has 3 aromatic heterocycles. The van der Waals surface area contributed by atoms with Crippen molar-refractivity contribution in [2.75, 3.05) is 20.3 Å². The van der Waals surface area contributed by atoms with Gasteiger partial charge in [-0.1, -0.05) is 6.92 Å². The van der Waals surface area contributed by atoms with Gasteiger partial charge in [-0.2, -0.15) is 4.52 Å². The Kier molecular flexibility index (Phi) is 4.62. The molecule has 0 aliphatic heterocycles. The van der Waals surface area contributed by atoms with Gasteiger partial charge in [0.25, 0.3) is 5.91 Å². The maximum atomic E-state index is 12.4. The Morgan fingerprint density at radius 3 is 3.08 bits per heavy atom. The zero-order valence-corrected chi connectivity index (χ0v) is 16.2. The van der Waals surface area contributed by atoms with Crippen LogP contribution in [0.25, 0.3) is 15.9 Å². The van der Waals surface area contributed by atoms with Gasteiger partial charge in [-0.3, -0.25) is 4.79 Å². The van der Waals surface area contributed by atoms with Gasteiger partial charge in [0, 0.05) is 25.1 Å². The first-order chi connectivity index (χ1) is 12.6. The summed E-state index contributed by atoms with van der Waals surface area (Å²) in [5, 5.41) is 8.34. The Hall–Kier alpha value is -2.06. The number of nitrogens with zero attached hydrogens (tertiary/aromatic N) is 4. The van der Waals surface area contributed by atoms with Gasteiger partial charge in [-0.15, -0.1) is 16.4 Å². The maximum Gasteiger partial charge on any atom is 0.290 e. The molecule has 0 bridgehead atoms. The van der Waals surface area contributed by atoms with E-state index in [0.717, 1.165) is 41.0 Å². The van der Waals surface area contributed by atoms with Crippen molar-refractivity contribution in [3.8, 4) is 0 Å². The van der Waals surface area contributed by atoms with E-state index in [9.17, 15) is 4.79 Å². The van der Waals surface area contributed by atoms with E-state index in [0.29, 0.717) is 19.1 Å². The predicted molar refractivity (Wildman–Crippen MR) is 101 cm³/mol. The zero-order valence-electron chi connectivity index (χ0n) is 15.3. The number of ether oxygens (including phenoxy) is 1. The molecule has 138 valence electrons. The average molecular weight is 373 g/mol. The van der Waals surface area contributed by atoms with Crippen LogP contribution >= 0.6 is 11.3 Å². The van der Waals surface area contributed by atoms with Gasteiger partial charge in [0.2, 0.25) is 5.82 Å². The van der Waals surface area contributed by atoms with Crippen LogP contribution in [0.4, 0.5) is 0 Å². The average Bonchev–Trinajstić information content (AvgIpc) is 3.20. The van der Waals surface area contributed by atoms with Crippen LogP contribution < -0.4 is 5.32 Å². The highest BCUT2D eigenvalue weighted by molar-refractivity contribution is 7.19. The Labute approximate surface area is 155 Å². The van der Waals surface area contributed by atoms with Crippen LogP contribution in [-0.2, 0) is 17.6 Å². The number of hydrogen-bond acceptors (Lipinski definition) is 6. The highest BCUT2D eigenvalue weighted by Crippen LogP contribution is 2.38. The molecule has 1 amide bonds. The van der Waals surface area contributed by atoms with E-state index in [1.807, 2.05) is 6.92 Å². The van der Waals surface area contributed by atoms with Gasteiger partial charge >= 0.3 is 0 Å². The van der Waals surface area contributed by atoms with Crippen LogP contribution in [0.15, 0.2) is 0 Å². The fourth-order valence-electron chi connectivity index (χ4n) is 3.54. The SMILES string of the molecule is COCCCNC(=O)c1nc2c3c4c(sc3nc(C)n2n1)CC[C@@H](C)C4. The molecule has 3 heterocycles. The van der Waals surface area contributed by atoms with E-state index < -0.39 is 0 Å². The molecule has 0 aromatic carbocycles. The summed E-state index contributed by atoms with van der Waals surface area (Å²) in [6.07, 6.45) is 4.12. The molecule has 1 N–H and O–H groups in total. The third kappa shape index (κ3) is 2.97. The molecule has 7 nitrogen and oxygen atoms in total. The van der Waals surface area contributed by atoms with Crippen molar-refractivity contribution < 1.29 is 9.53 Å². The molecular weight excluding hydrogens is 350 g/mol. The topological polar surface area (TPSA) is 81.4 Å². The number of hydrogen-bond donors (Lipinski definition) is 1. The molecule has 0 saturated heterocycles. The molecule has 3 aromatic rings. The first-order valence-corrected chi connectivity index (χ1v) is 9.85. The molecule has 0 radical (unpaired) electrons. The van der Waals surface area contributed by atoms with Gasteiger partial charge in [-0.25, -0.2) is 9.97 Å². The Morgan fingerprint density at radius 1 is 1.42 bits per heavy atom. The minimum atomic E-state index is -0.255. The summed E-state index contributed by atoms with van der Waals surface area (Å²) in [6.45, 7) is 5.35. The first-order valence-electron chi connectivity index (χ1n) is 9.03. The first kappa shape index (κ1) is 17.4. The second kappa shape index (κ2) is 6.92. The Bertz CT molecular complexity index is 977. The van der Waals surface area contributed by atoms with Gasteiger partial charge < -0.3 is 10.1 Å². The molecule has 0 saturated carbocycles. The lowest BCUT2D eigenvalue weighted by Crippen LogP contribution is -2.26. The van der Waals surface area contributed by atoms with Crippen LogP contribution in [-0.4, -0.2) is 45.8 Å². The normalized spacial score (nSPS) is 17.0. The smallest absolute Gasteiger partial charge is 0.290 e. The van der Waals surface area contributed by atoms with Gasteiger partial charge in [0.15, 0.2) is 5.65 Å². The fourth-order valence-corrected chi connectivity index (χ4v) is 4.80. The van der Waals surface area contributed by atoms with Crippen LogP contribution in [0.1, 0.15) is 46.6 Å². The number of aryl methyl sites for hydroxylation is 2. The summed E-state index contributed by atoms with van der Waals surface area (Å²) in [4.78, 5) is 24.1. The lowest BCUT2D eigenvalue weighted by molar-refractivity contribution is 0.0938. The molecule has 8 heteroatoms. The minimum absolute atomic E-state index is 0.198. The number of thiophene rings is 1. The van der Waals surface area contributed by atoms with E-state index in [1.165, 1.54) is 16.9 Å². The van der Waals surface area contributed by atoms with E-state index in [1.54, 1.807) is 23.0 Å². The van der Waals surface area contributed by atoms with Gasteiger partial charge in [0.05, 0.1) is 5.39 Å². The van der Waals surface area contributed by atoms with Crippen LogP contribution in [0, 0.1) is 12.8 Å². The van der Waals surface area contributed by atoms with Crippen molar-refractivity contribution >= 4 is 33.1 Å². The quantitative estimate of drug-likeness (QED) is 0.695. The second-order valence-corrected chi connectivity index (χ2v) is 8.05. The summed E-state index contributed by atoms with van der Waals surface area (Å²) in [6, 6.07) is 0. The van der Waals surface area contributed by atoms with Crippen molar-refractivity contribution in [3.05, 3.63) is 22.1 Å². The lowest BCUT2D eigenvalue weighted by Gasteiger charge is -2.17. The Balaban J connectivity index is 1.75. The summed E-state index contributed by atoms with van der Waals surface area (Å²) in [5.41, 5.74) is 2.10. The highest BCUT2D eigenvalue weighted by Gasteiger charge is 2.25. The summed E-state index contributed by atoms with van der Waals surface area (Å²) in [7, 11) is 1.65. The predicted octanol–water partition coefficient (Wildman–Crippen LogP) is 2.54. The van der Waals surface area contributed by atoms with E-state index in [4.69, 9.17) is 9.72 Å². The molecule has 0 unspecified atom stereocenters. The van der Waals surface area contributed by atoms with Crippen molar-refractivity contribution in [1.82, 2.24) is 24.9 Å². The highest BCUT2D eigenvalue weighted by atomic mass is 32.1.